The van der Waals surface area contributed by atoms with Crippen LogP contribution in [0.1, 0.15) is 92.2 Å². The topological polar surface area (TPSA) is 137 Å². The molecule has 3 atom stereocenters. The number of aromatic nitrogens is 2. The van der Waals surface area contributed by atoms with Crippen LogP contribution in [0.3, 0.4) is 0 Å². The number of para-hydroxylation sites is 2. The molecule has 4 amide bonds. The van der Waals surface area contributed by atoms with Crippen molar-refractivity contribution in [2.24, 2.45) is 10.9 Å². The van der Waals surface area contributed by atoms with Crippen LogP contribution in [0.4, 0.5) is 14.5 Å². The fourth-order valence-corrected chi connectivity index (χ4v) is 10.2. The Hall–Kier alpha value is -7.71. The van der Waals surface area contributed by atoms with Crippen molar-refractivity contribution in [3.63, 3.8) is 0 Å². The molecule has 2 fully saturated rings. The maximum absolute atomic E-state index is 14.5. The van der Waals surface area contributed by atoms with Crippen molar-refractivity contribution in [1.29, 1.82) is 0 Å². The molecule has 4 heterocycles. The van der Waals surface area contributed by atoms with Crippen LogP contribution in [0.2, 0.25) is 0 Å². The van der Waals surface area contributed by atoms with E-state index in [0.717, 1.165) is 44.8 Å². The fourth-order valence-electron chi connectivity index (χ4n) is 9.29. The van der Waals surface area contributed by atoms with Crippen molar-refractivity contribution in [2.75, 3.05) is 26.2 Å². The summed E-state index contributed by atoms with van der Waals surface area (Å²) in [7, 11) is 0. The van der Waals surface area contributed by atoms with Crippen LogP contribution >= 0.6 is 11.3 Å². The number of aliphatic imine (C=N–C) groups is 1. The number of aryl methyl sites for hydroxylation is 1. The highest BCUT2D eigenvalue weighted by molar-refractivity contribution is 7.15. The summed E-state index contributed by atoms with van der Waals surface area (Å²) in [6, 6.07) is 39.5. The molecule has 9 rings (SSSR count). The molecule has 2 aliphatic heterocycles. The number of likely N-dealkylation sites (tertiary alicyclic amines) is 2. The smallest absolute Gasteiger partial charge is 0.274 e. The lowest BCUT2D eigenvalue weighted by atomic mass is 9.90. The number of benzene rings is 5. The second-order valence-electron chi connectivity index (χ2n) is 17.4. The zero-order chi connectivity index (χ0) is 51.4. The Morgan fingerprint density at radius 2 is 1.40 bits per heavy atom. The van der Waals surface area contributed by atoms with Crippen molar-refractivity contribution in [3.8, 4) is 21.6 Å². The summed E-state index contributed by atoms with van der Waals surface area (Å²) in [4.78, 5) is 70.2. The molecular formula is C58H59F2N7O4S. The highest BCUT2D eigenvalue weighted by Gasteiger charge is 2.47. The molecular weight excluding hydrogens is 929 g/mol. The van der Waals surface area contributed by atoms with E-state index in [4.69, 9.17) is 0 Å². The third-order valence-electron chi connectivity index (χ3n) is 12.8. The van der Waals surface area contributed by atoms with Crippen LogP contribution in [0, 0.1) is 12.8 Å². The molecule has 11 nitrogen and oxygen atoms in total. The number of halogens is 2. The van der Waals surface area contributed by atoms with Crippen LogP contribution in [0.5, 0.6) is 0 Å². The van der Waals surface area contributed by atoms with Crippen LogP contribution in [-0.4, -0.2) is 94.3 Å². The molecule has 370 valence electrons. The fraction of sp³-hybridized carbons (Fsp3) is 0.259. The second-order valence-corrected chi connectivity index (χ2v) is 18.6. The number of fused-ring (bicyclic) bond motifs is 1. The molecule has 14 heteroatoms. The number of nitrogens with zero attached hydrogens (tertiary/aromatic N) is 5. The second kappa shape index (κ2) is 23.9. The molecule has 2 aromatic heterocycles. The molecule has 0 aliphatic carbocycles. The van der Waals surface area contributed by atoms with Gasteiger partial charge in [-0.3, -0.25) is 29.2 Å². The summed E-state index contributed by atoms with van der Waals surface area (Å²) in [5.41, 5.74) is 5.94. The van der Waals surface area contributed by atoms with Gasteiger partial charge in [-0.1, -0.05) is 143 Å². The summed E-state index contributed by atoms with van der Waals surface area (Å²) >= 11 is 1.53. The maximum Gasteiger partial charge on any atom is 0.274 e. The van der Waals surface area contributed by atoms with E-state index in [0.29, 0.717) is 52.2 Å². The molecule has 0 spiro atoms. The Balaban J connectivity index is 0.000000204. The normalized spacial score (nSPS) is 16.8. The number of hydrogen-bond donors (Lipinski definition) is 2. The molecule has 2 aliphatic rings. The van der Waals surface area contributed by atoms with Crippen molar-refractivity contribution >= 4 is 64.3 Å². The Labute approximate surface area is 423 Å². The van der Waals surface area contributed by atoms with Gasteiger partial charge in [0.1, 0.15) is 5.69 Å². The maximum atomic E-state index is 14.5. The Morgan fingerprint density at radius 3 is 2.12 bits per heavy atom. The number of nitrogens with one attached hydrogen (secondary N) is 2. The van der Waals surface area contributed by atoms with Gasteiger partial charge in [0.15, 0.2) is 0 Å². The lowest BCUT2D eigenvalue weighted by molar-refractivity contribution is 0.0118. The average Bonchev–Trinajstić information content (AvgIpc) is 3.97. The third-order valence-corrected chi connectivity index (χ3v) is 13.8. The number of pyridine rings is 1. The minimum atomic E-state index is -3.03. The van der Waals surface area contributed by atoms with E-state index >= 15 is 0 Å². The monoisotopic (exact) mass is 987 g/mol. The van der Waals surface area contributed by atoms with Gasteiger partial charge in [-0.2, -0.15) is 0 Å². The molecule has 5 aromatic carbocycles. The Morgan fingerprint density at radius 1 is 0.778 bits per heavy atom. The van der Waals surface area contributed by atoms with E-state index in [2.05, 4.69) is 45.8 Å². The zero-order valence-electron chi connectivity index (χ0n) is 41.0. The van der Waals surface area contributed by atoms with Crippen molar-refractivity contribution in [3.05, 3.63) is 179 Å². The van der Waals surface area contributed by atoms with E-state index in [9.17, 15) is 28.0 Å². The van der Waals surface area contributed by atoms with E-state index in [-0.39, 0.29) is 30.3 Å². The third kappa shape index (κ3) is 11.9. The first kappa shape index (κ1) is 52.1. The van der Waals surface area contributed by atoms with Crippen LogP contribution < -0.4 is 10.6 Å². The first-order valence-corrected chi connectivity index (χ1v) is 25.0. The van der Waals surface area contributed by atoms with Crippen LogP contribution in [-0.2, 0) is 0 Å². The number of alkyl halides is 2. The molecule has 0 saturated carbocycles. The van der Waals surface area contributed by atoms with Crippen molar-refractivity contribution in [2.45, 2.75) is 65.0 Å². The molecule has 0 bridgehead atoms. The first-order chi connectivity index (χ1) is 34.9. The zero-order valence-corrected chi connectivity index (χ0v) is 41.8. The van der Waals surface area contributed by atoms with Crippen LogP contribution in [0.25, 0.3) is 38.5 Å². The highest BCUT2D eigenvalue weighted by atomic mass is 32.1. The molecule has 2 saturated heterocycles. The largest absolute Gasteiger partial charge is 0.350 e. The standard InChI is InChI=1S/C28H23F2N3O2.C28H30N4O2S.C2H6/c29-28(30)16-21(17-32-26(34)24-14-6-10-20-11-7-15-31-25(20)24)33(18-28)27(35)23-13-5-4-12-22(23)19-8-2-1-3-9-19;1-5-20-14-9-15-22(24(20)29-4)27(33)30-17-23-18(2)11-10-16-32(23)28(34)25-26(35-19(3)31-25)21-12-7-6-8-13-21;1-2/h1-15,21H,16-18H2,(H,32,34);5-9,12-15,18,23H,1,4,10-11,16-17H2,2-3H3,(H,30,33);1-2H3/t;18-,23-;/m.1./s1. The van der Waals surface area contributed by atoms with Gasteiger partial charge in [0.25, 0.3) is 29.6 Å². The Kier molecular flexibility index (Phi) is 17.3. The molecule has 0 radical (unpaired) electrons. The van der Waals surface area contributed by atoms with E-state index in [1.54, 1.807) is 60.8 Å². The molecule has 72 heavy (non-hydrogen) atoms. The van der Waals surface area contributed by atoms with Gasteiger partial charge >= 0.3 is 0 Å². The van der Waals surface area contributed by atoms with Gasteiger partial charge in [-0.25, -0.2) is 13.8 Å². The lowest BCUT2D eigenvalue weighted by Crippen LogP contribution is -2.53. The Bertz CT molecular complexity index is 3050. The van der Waals surface area contributed by atoms with Crippen molar-refractivity contribution in [1.82, 2.24) is 30.4 Å². The van der Waals surface area contributed by atoms with Crippen molar-refractivity contribution < 1.29 is 28.0 Å². The number of amides is 4. The number of thiazole rings is 1. The summed E-state index contributed by atoms with van der Waals surface area (Å²) in [5, 5.41) is 7.45. The number of carbonyl (C=O) groups is 4. The molecule has 2 N–H and O–H groups in total. The van der Waals surface area contributed by atoms with Gasteiger partial charge in [0.05, 0.1) is 50.8 Å². The average molecular weight is 988 g/mol. The van der Waals surface area contributed by atoms with Gasteiger partial charge in [0.2, 0.25) is 0 Å². The minimum absolute atomic E-state index is 0.0823. The van der Waals surface area contributed by atoms with Gasteiger partial charge in [-0.15, -0.1) is 11.3 Å². The van der Waals surface area contributed by atoms with Crippen LogP contribution in [0.15, 0.2) is 151 Å². The number of carbonyl (C=O) groups excluding carboxylic acids is 4. The predicted molar refractivity (Wildman–Crippen MR) is 285 cm³/mol. The summed E-state index contributed by atoms with van der Waals surface area (Å²) in [6.07, 6.45) is 4.66. The van der Waals surface area contributed by atoms with E-state index < -0.39 is 36.7 Å². The van der Waals surface area contributed by atoms with E-state index in [1.807, 2.05) is 111 Å². The number of rotatable bonds is 12. The predicted octanol–water partition coefficient (Wildman–Crippen LogP) is 12.0. The summed E-state index contributed by atoms with van der Waals surface area (Å²) in [5.74, 6) is -4.01. The highest BCUT2D eigenvalue weighted by Crippen LogP contribution is 2.36. The SMILES string of the molecule is C=Cc1cccc(C(=O)NC[C@@H]2[C@H](C)CCCN2C(=O)c2nc(C)sc2-c2ccccc2)c1N=C.CC.O=C(NCC1CC(F)(F)CN1C(=O)c1ccccc1-c1ccccc1)c1cccc2cccnc12. The summed E-state index contributed by atoms with van der Waals surface area (Å²) in [6.45, 7) is 15.7. The molecule has 7 aromatic rings. The minimum Gasteiger partial charge on any atom is -0.350 e. The first-order valence-electron chi connectivity index (χ1n) is 24.2. The number of hydrogen-bond acceptors (Lipinski definition) is 8. The van der Waals surface area contributed by atoms with Gasteiger partial charge < -0.3 is 20.4 Å². The lowest BCUT2D eigenvalue weighted by Gasteiger charge is -2.40. The van der Waals surface area contributed by atoms with Gasteiger partial charge in [0, 0.05) is 48.8 Å². The van der Waals surface area contributed by atoms with E-state index in [1.165, 1.54) is 16.2 Å². The quantitative estimate of drug-likeness (QED) is 0.117. The molecule has 1 unspecified atom stereocenters. The summed E-state index contributed by atoms with van der Waals surface area (Å²) < 4.78 is 29.0. The number of piperidine rings is 1. The van der Waals surface area contributed by atoms with Gasteiger partial charge in [-0.05, 0) is 73.4 Å².